The summed E-state index contributed by atoms with van der Waals surface area (Å²) < 4.78 is 0. The second-order valence-electron chi connectivity index (χ2n) is 1.58. The summed E-state index contributed by atoms with van der Waals surface area (Å²) in [6, 6.07) is 1.82. The molecule has 0 saturated heterocycles. The van der Waals surface area contributed by atoms with Crippen molar-refractivity contribution in [3.63, 3.8) is 0 Å². The molecule has 0 bridgehead atoms. The van der Waals surface area contributed by atoms with E-state index in [-0.39, 0.29) is 0 Å². The summed E-state index contributed by atoms with van der Waals surface area (Å²) >= 11 is 0. The summed E-state index contributed by atoms with van der Waals surface area (Å²) in [7, 11) is 0. The van der Waals surface area contributed by atoms with Gasteiger partial charge in [0.2, 0.25) is 0 Å². The highest BCUT2D eigenvalue weighted by molar-refractivity contribution is 5.32. The number of hydrogen-bond acceptors (Lipinski definition) is 3. The molecule has 0 amide bonds. The molecule has 0 aliphatic heterocycles. The van der Waals surface area contributed by atoms with Crippen LogP contribution in [-0.4, -0.2) is 10.2 Å². The molecule has 44 valence electrons. The van der Waals surface area contributed by atoms with Crippen molar-refractivity contribution in [2.45, 2.75) is 6.92 Å². The zero-order valence-corrected chi connectivity index (χ0v) is 4.60. The van der Waals surface area contributed by atoms with Gasteiger partial charge in [0, 0.05) is 11.8 Å². The number of aromatic amines is 1. The second-order valence-corrected chi connectivity index (χ2v) is 1.58. The second kappa shape index (κ2) is 1.83. The molecule has 1 aromatic rings. The molecule has 0 saturated carbocycles. The molecule has 4 nitrogen and oxygen atoms in total. The molecule has 0 fully saturated rings. The Morgan fingerprint density at radius 2 is 2.62 bits per heavy atom. The zero-order chi connectivity index (χ0) is 5.98. The lowest BCUT2D eigenvalue weighted by Gasteiger charge is -1.84. The lowest BCUT2D eigenvalue weighted by molar-refractivity contribution is 1.04. The van der Waals surface area contributed by atoms with Crippen LogP contribution in [0.5, 0.6) is 0 Å². The van der Waals surface area contributed by atoms with E-state index in [1.807, 2.05) is 13.0 Å². The van der Waals surface area contributed by atoms with Crippen molar-refractivity contribution >= 4 is 5.82 Å². The lowest BCUT2D eigenvalue weighted by atomic mass is 10.5. The minimum atomic E-state index is 0.669. The topological polar surface area (TPSA) is 66.7 Å². The Kier molecular flexibility index (Phi) is 1.17. The van der Waals surface area contributed by atoms with E-state index < -0.39 is 0 Å². The van der Waals surface area contributed by atoms with E-state index in [0.29, 0.717) is 5.82 Å². The molecule has 0 unspecified atom stereocenters. The molecule has 0 aromatic carbocycles. The standard InChI is InChI=1S/C4H8N4/c1-3-2-4(6-5)8-7-3/h2H,5H2,1H3,(H2,6,7,8). The molecule has 0 spiro atoms. The van der Waals surface area contributed by atoms with E-state index in [1.165, 1.54) is 0 Å². The third-order valence-corrected chi connectivity index (χ3v) is 0.854. The fourth-order valence-electron chi connectivity index (χ4n) is 0.492. The number of hydrazine groups is 1. The van der Waals surface area contributed by atoms with Crippen LogP contribution in [0.3, 0.4) is 0 Å². The van der Waals surface area contributed by atoms with E-state index in [0.717, 1.165) is 5.69 Å². The molecule has 0 aliphatic carbocycles. The van der Waals surface area contributed by atoms with Gasteiger partial charge in [-0.2, -0.15) is 5.10 Å². The highest BCUT2D eigenvalue weighted by Gasteiger charge is 1.89. The quantitative estimate of drug-likeness (QED) is 0.354. The summed E-state index contributed by atoms with van der Waals surface area (Å²) in [5.74, 6) is 5.70. The summed E-state index contributed by atoms with van der Waals surface area (Å²) in [6.45, 7) is 1.91. The Morgan fingerprint density at radius 3 is 2.88 bits per heavy atom. The van der Waals surface area contributed by atoms with Crippen LogP contribution in [0.15, 0.2) is 6.07 Å². The minimum absolute atomic E-state index is 0.669. The smallest absolute Gasteiger partial charge is 0.161 e. The van der Waals surface area contributed by atoms with Crippen molar-refractivity contribution in [2.75, 3.05) is 5.43 Å². The van der Waals surface area contributed by atoms with E-state index in [9.17, 15) is 0 Å². The van der Waals surface area contributed by atoms with Gasteiger partial charge in [-0.3, -0.25) is 5.10 Å². The minimum Gasteiger partial charge on any atom is -0.307 e. The number of hydrogen-bond donors (Lipinski definition) is 3. The van der Waals surface area contributed by atoms with Crippen molar-refractivity contribution in [3.05, 3.63) is 11.8 Å². The van der Waals surface area contributed by atoms with Gasteiger partial charge in [-0.15, -0.1) is 0 Å². The van der Waals surface area contributed by atoms with E-state index in [1.54, 1.807) is 0 Å². The third kappa shape index (κ3) is 0.788. The summed E-state index contributed by atoms with van der Waals surface area (Å²) in [6.07, 6.45) is 0. The first-order chi connectivity index (χ1) is 3.83. The number of anilines is 1. The Balaban J connectivity index is 2.84. The van der Waals surface area contributed by atoms with Crippen LogP contribution < -0.4 is 11.3 Å². The number of nitrogens with one attached hydrogen (secondary N) is 2. The van der Waals surface area contributed by atoms with Crippen LogP contribution in [-0.2, 0) is 0 Å². The van der Waals surface area contributed by atoms with Crippen LogP contribution in [0.1, 0.15) is 5.69 Å². The Hall–Kier alpha value is -1.03. The molecule has 8 heavy (non-hydrogen) atoms. The van der Waals surface area contributed by atoms with Crippen LogP contribution in [0, 0.1) is 6.92 Å². The maximum absolute atomic E-state index is 5.03. The van der Waals surface area contributed by atoms with Crippen LogP contribution >= 0.6 is 0 Å². The Morgan fingerprint density at radius 1 is 1.88 bits per heavy atom. The number of H-pyrrole nitrogens is 1. The fourth-order valence-corrected chi connectivity index (χ4v) is 0.492. The Labute approximate surface area is 47.1 Å². The number of aromatic nitrogens is 2. The predicted molar refractivity (Wildman–Crippen MR) is 31.1 cm³/mol. The van der Waals surface area contributed by atoms with Crippen molar-refractivity contribution in [3.8, 4) is 0 Å². The van der Waals surface area contributed by atoms with Gasteiger partial charge in [-0.25, -0.2) is 5.84 Å². The largest absolute Gasteiger partial charge is 0.307 e. The van der Waals surface area contributed by atoms with Gasteiger partial charge < -0.3 is 5.43 Å². The summed E-state index contributed by atoms with van der Waals surface area (Å²) in [4.78, 5) is 0. The van der Waals surface area contributed by atoms with Gasteiger partial charge in [0.15, 0.2) is 5.82 Å². The zero-order valence-electron chi connectivity index (χ0n) is 4.60. The SMILES string of the molecule is Cc1cc(NN)n[nH]1. The van der Waals surface area contributed by atoms with Crippen LogP contribution in [0.25, 0.3) is 0 Å². The molecule has 4 heteroatoms. The first-order valence-corrected chi connectivity index (χ1v) is 2.31. The Bertz CT molecular complexity index is 168. The normalized spacial score (nSPS) is 9.25. The first kappa shape index (κ1) is 5.11. The molecule has 0 radical (unpaired) electrons. The number of rotatable bonds is 1. The number of aryl methyl sites for hydroxylation is 1. The maximum Gasteiger partial charge on any atom is 0.161 e. The van der Waals surface area contributed by atoms with Crippen LogP contribution in [0.2, 0.25) is 0 Å². The summed E-state index contributed by atoms with van der Waals surface area (Å²) in [5, 5.41) is 6.50. The fraction of sp³-hybridized carbons (Fsp3) is 0.250. The highest BCUT2D eigenvalue weighted by atomic mass is 15.3. The van der Waals surface area contributed by atoms with Crippen LogP contribution in [0.4, 0.5) is 5.82 Å². The van der Waals surface area contributed by atoms with E-state index >= 15 is 0 Å². The molecule has 1 aromatic heterocycles. The molecular weight excluding hydrogens is 104 g/mol. The maximum atomic E-state index is 5.03. The lowest BCUT2D eigenvalue weighted by Crippen LogP contribution is -2.06. The number of nitrogens with two attached hydrogens (primary N) is 1. The monoisotopic (exact) mass is 112 g/mol. The highest BCUT2D eigenvalue weighted by Crippen LogP contribution is 1.99. The van der Waals surface area contributed by atoms with Gasteiger partial charge in [0.25, 0.3) is 0 Å². The molecule has 1 heterocycles. The molecular formula is C4H8N4. The van der Waals surface area contributed by atoms with Gasteiger partial charge in [0.1, 0.15) is 0 Å². The predicted octanol–water partition coefficient (Wildman–Crippen LogP) is 0.00372. The summed E-state index contributed by atoms with van der Waals surface area (Å²) in [5.41, 5.74) is 3.40. The van der Waals surface area contributed by atoms with E-state index in [2.05, 4.69) is 15.6 Å². The number of nitrogen functional groups attached to an aromatic ring is 1. The third-order valence-electron chi connectivity index (χ3n) is 0.854. The van der Waals surface area contributed by atoms with Crippen molar-refractivity contribution < 1.29 is 0 Å². The average molecular weight is 112 g/mol. The van der Waals surface area contributed by atoms with Gasteiger partial charge in [-0.05, 0) is 6.92 Å². The molecule has 0 atom stereocenters. The molecule has 4 N–H and O–H groups in total. The van der Waals surface area contributed by atoms with E-state index in [4.69, 9.17) is 5.84 Å². The van der Waals surface area contributed by atoms with Gasteiger partial charge in [-0.1, -0.05) is 0 Å². The molecule has 0 aliphatic rings. The van der Waals surface area contributed by atoms with Crippen molar-refractivity contribution in [1.29, 1.82) is 0 Å². The molecule has 1 rings (SSSR count). The first-order valence-electron chi connectivity index (χ1n) is 2.31. The van der Waals surface area contributed by atoms with Crippen molar-refractivity contribution in [1.82, 2.24) is 10.2 Å². The average Bonchev–Trinajstić information content (AvgIpc) is 2.14. The number of nitrogens with zero attached hydrogens (tertiary/aromatic N) is 1. The van der Waals surface area contributed by atoms with Crippen molar-refractivity contribution in [2.24, 2.45) is 5.84 Å². The van der Waals surface area contributed by atoms with Gasteiger partial charge in [0.05, 0.1) is 0 Å². The van der Waals surface area contributed by atoms with Gasteiger partial charge >= 0.3 is 0 Å².